The van der Waals surface area contributed by atoms with Crippen molar-refractivity contribution in [3.8, 4) is 0 Å². The van der Waals surface area contributed by atoms with Crippen molar-refractivity contribution < 1.29 is 0 Å². The number of anilines is 1. The zero-order valence-corrected chi connectivity index (χ0v) is 11.2. The monoisotopic (exact) mass is 258 g/mol. The fraction of sp³-hybridized carbons (Fsp3) is 0.357. The number of pyridine rings is 1. The highest BCUT2D eigenvalue weighted by Gasteiger charge is 2.05. The van der Waals surface area contributed by atoms with Crippen molar-refractivity contribution in [1.29, 1.82) is 0 Å². The van der Waals surface area contributed by atoms with Crippen LogP contribution < -0.4 is 10.9 Å². The van der Waals surface area contributed by atoms with Crippen LogP contribution in [0, 0.1) is 5.92 Å². The van der Waals surface area contributed by atoms with Crippen LogP contribution in [0.3, 0.4) is 0 Å². The second-order valence-corrected chi connectivity index (χ2v) is 4.84. The second-order valence-electron chi connectivity index (χ2n) is 4.84. The van der Waals surface area contributed by atoms with Crippen LogP contribution in [0.15, 0.2) is 41.7 Å². The van der Waals surface area contributed by atoms with E-state index in [1.165, 1.54) is 0 Å². The molecule has 0 saturated heterocycles. The summed E-state index contributed by atoms with van der Waals surface area (Å²) in [6.07, 6.45) is 6.86. The summed E-state index contributed by atoms with van der Waals surface area (Å²) >= 11 is 0. The Balaban J connectivity index is 2.11. The highest BCUT2D eigenvalue weighted by atomic mass is 16.1. The Kier molecular flexibility index (Phi) is 4.28. The maximum atomic E-state index is 12.1. The van der Waals surface area contributed by atoms with Gasteiger partial charge in [0.25, 0.3) is 5.56 Å². The van der Waals surface area contributed by atoms with E-state index < -0.39 is 0 Å². The first-order chi connectivity index (χ1) is 9.16. The number of nitrogens with one attached hydrogen (secondary N) is 1. The summed E-state index contributed by atoms with van der Waals surface area (Å²) in [5.74, 6) is 0.804. The molecular formula is C14H18N4O. The molecule has 0 aliphatic carbocycles. The molecule has 0 aromatic carbocycles. The van der Waals surface area contributed by atoms with E-state index >= 15 is 0 Å². The van der Waals surface area contributed by atoms with Gasteiger partial charge >= 0.3 is 0 Å². The van der Waals surface area contributed by atoms with E-state index in [2.05, 4.69) is 29.1 Å². The molecule has 0 aliphatic rings. The summed E-state index contributed by atoms with van der Waals surface area (Å²) in [6.45, 7) is 5.40. The van der Waals surface area contributed by atoms with Crippen LogP contribution in [-0.4, -0.2) is 14.5 Å². The summed E-state index contributed by atoms with van der Waals surface area (Å²) in [5, 5.41) is 3.06. The summed E-state index contributed by atoms with van der Waals surface area (Å²) in [5.41, 5.74) is 0.933. The van der Waals surface area contributed by atoms with Gasteiger partial charge in [0.2, 0.25) is 0 Å². The molecule has 5 heteroatoms. The number of rotatable bonds is 5. The molecule has 100 valence electrons. The van der Waals surface area contributed by atoms with Crippen LogP contribution in [0.1, 0.15) is 19.4 Å². The lowest BCUT2D eigenvalue weighted by Crippen LogP contribution is -2.25. The summed E-state index contributed by atoms with van der Waals surface area (Å²) < 4.78 is 1.68. The Morgan fingerprint density at radius 3 is 2.89 bits per heavy atom. The number of hydrogen-bond acceptors (Lipinski definition) is 4. The van der Waals surface area contributed by atoms with Gasteiger partial charge in [-0.2, -0.15) is 0 Å². The quantitative estimate of drug-likeness (QED) is 0.890. The zero-order valence-electron chi connectivity index (χ0n) is 11.2. The van der Waals surface area contributed by atoms with Gasteiger partial charge in [-0.15, -0.1) is 0 Å². The van der Waals surface area contributed by atoms with Crippen LogP contribution in [0.5, 0.6) is 0 Å². The van der Waals surface area contributed by atoms with E-state index in [4.69, 9.17) is 0 Å². The third-order valence-corrected chi connectivity index (χ3v) is 2.66. The topological polar surface area (TPSA) is 59.8 Å². The first-order valence-electron chi connectivity index (χ1n) is 6.35. The predicted octanol–water partition coefficient (Wildman–Crippen LogP) is 1.91. The summed E-state index contributed by atoms with van der Waals surface area (Å²) in [7, 11) is 0. The molecule has 0 unspecified atom stereocenters. The van der Waals surface area contributed by atoms with Crippen LogP contribution in [0.2, 0.25) is 0 Å². The Hall–Kier alpha value is -2.17. The first-order valence-corrected chi connectivity index (χ1v) is 6.35. The minimum Gasteiger partial charge on any atom is -0.361 e. The standard InChI is InChI=1S/C14H18N4O/c1-11(2)10-18-7-6-16-13(14(18)19)17-9-12-4-3-5-15-8-12/h3-8,11H,9-10H2,1-2H3,(H,16,17). The molecule has 0 radical (unpaired) electrons. The molecule has 0 bridgehead atoms. The lowest BCUT2D eigenvalue weighted by molar-refractivity contribution is 0.509. The normalized spacial score (nSPS) is 10.7. The molecule has 19 heavy (non-hydrogen) atoms. The molecule has 2 aromatic rings. The number of aromatic nitrogens is 3. The maximum absolute atomic E-state index is 12.1. The predicted molar refractivity (Wildman–Crippen MR) is 74.9 cm³/mol. The average molecular weight is 258 g/mol. The van der Waals surface area contributed by atoms with Crippen molar-refractivity contribution in [1.82, 2.24) is 14.5 Å². The molecule has 0 saturated carbocycles. The first kappa shape index (κ1) is 13.3. The van der Waals surface area contributed by atoms with E-state index in [1.54, 1.807) is 29.4 Å². The fourth-order valence-corrected chi connectivity index (χ4v) is 1.79. The van der Waals surface area contributed by atoms with Gasteiger partial charge in [-0.1, -0.05) is 19.9 Å². The minimum absolute atomic E-state index is 0.0832. The third-order valence-electron chi connectivity index (χ3n) is 2.66. The SMILES string of the molecule is CC(C)Cn1ccnc(NCc2cccnc2)c1=O. The van der Waals surface area contributed by atoms with Gasteiger partial charge in [-0.05, 0) is 17.5 Å². The van der Waals surface area contributed by atoms with E-state index in [-0.39, 0.29) is 5.56 Å². The lowest BCUT2D eigenvalue weighted by atomic mass is 10.2. The number of nitrogens with zero attached hydrogens (tertiary/aromatic N) is 3. The summed E-state index contributed by atoms with van der Waals surface area (Å²) in [4.78, 5) is 20.3. The zero-order chi connectivity index (χ0) is 13.7. The Bertz CT molecular complexity index is 577. The fourth-order valence-electron chi connectivity index (χ4n) is 1.79. The van der Waals surface area contributed by atoms with Gasteiger partial charge < -0.3 is 9.88 Å². The largest absolute Gasteiger partial charge is 0.361 e. The van der Waals surface area contributed by atoms with Crippen molar-refractivity contribution in [2.24, 2.45) is 5.92 Å². The molecule has 2 aromatic heterocycles. The van der Waals surface area contributed by atoms with E-state index in [9.17, 15) is 4.79 Å². The van der Waals surface area contributed by atoms with Gasteiger partial charge in [0, 0.05) is 37.9 Å². The van der Waals surface area contributed by atoms with Gasteiger partial charge in [0.15, 0.2) is 5.82 Å². The van der Waals surface area contributed by atoms with Crippen molar-refractivity contribution in [2.75, 3.05) is 5.32 Å². The van der Waals surface area contributed by atoms with Crippen molar-refractivity contribution in [3.63, 3.8) is 0 Å². The van der Waals surface area contributed by atoms with Crippen molar-refractivity contribution >= 4 is 5.82 Å². The highest BCUT2D eigenvalue weighted by Crippen LogP contribution is 2.01. The van der Waals surface area contributed by atoms with Crippen LogP contribution in [0.25, 0.3) is 0 Å². The Labute approximate surface area is 112 Å². The van der Waals surface area contributed by atoms with Crippen LogP contribution >= 0.6 is 0 Å². The molecule has 1 N–H and O–H groups in total. The Morgan fingerprint density at radius 1 is 1.37 bits per heavy atom. The molecule has 2 heterocycles. The van der Waals surface area contributed by atoms with E-state index in [0.29, 0.717) is 24.8 Å². The molecule has 0 amide bonds. The van der Waals surface area contributed by atoms with Crippen molar-refractivity contribution in [2.45, 2.75) is 26.9 Å². The molecule has 0 aliphatic heterocycles. The third kappa shape index (κ3) is 3.64. The van der Waals surface area contributed by atoms with E-state index in [0.717, 1.165) is 5.56 Å². The number of hydrogen-bond donors (Lipinski definition) is 1. The smallest absolute Gasteiger partial charge is 0.293 e. The molecule has 0 spiro atoms. The average Bonchev–Trinajstić information content (AvgIpc) is 2.40. The minimum atomic E-state index is -0.0832. The van der Waals surface area contributed by atoms with Gasteiger partial charge in [-0.25, -0.2) is 4.98 Å². The molecule has 2 rings (SSSR count). The van der Waals surface area contributed by atoms with E-state index in [1.807, 2.05) is 12.1 Å². The Morgan fingerprint density at radius 2 is 2.21 bits per heavy atom. The highest BCUT2D eigenvalue weighted by molar-refractivity contribution is 5.32. The van der Waals surface area contributed by atoms with Crippen LogP contribution in [-0.2, 0) is 13.1 Å². The molecular weight excluding hydrogens is 240 g/mol. The van der Waals surface area contributed by atoms with Gasteiger partial charge in [-0.3, -0.25) is 9.78 Å². The molecule has 0 atom stereocenters. The maximum Gasteiger partial charge on any atom is 0.293 e. The molecule has 0 fully saturated rings. The van der Waals surface area contributed by atoms with Crippen molar-refractivity contribution in [3.05, 3.63) is 52.8 Å². The van der Waals surface area contributed by atoms with Gasteiger partial charge in [0.1, 0.15) is 0 Å². The van der Waals surface area contributed by atoms with Crippen LogP contribution in [0.4, 0.5) is 5.82 Å². The summed E-state index contributed by atoms with van der Waals surface area (Å²) in [6, 6.07) is 3.82. The molecule has 5 nitrogen and oxygen atoms in total. The lowest BCUT2D eigenvalue weighted by Gasteiger charge is -2.10. The van der Waals surface area contributed by atoms with Gasteiger partial charge in [0.05, 0.1) is 0 Å². The second kappa shape index (κ2) is 6.13.